The smallest absolute Gasteiger partial charge is 0.337 e. The van der Waals surface area contributed by atoms with E-state index in [9.17, 15) is 4.79 Å². The zero-order valence-electron chi connectivity index (χ0n) is 9.45. The largest absolute Gasteiger partial charge is 0.478 e. The Labute approximate surface area is 105 Å². The summed E-state index contributed by atoms with van der Waals surface area (Å²) in [7, 11) is 0. The summed E-state index contributed by atoms with van der Waals surface area (Å²) < 4.78 is 0. The van der Waals surface area contributed by atoms with Crippen molar-refractivity contribution in [1.29, 1.82) is 0 Å². The monoisotopic (exact) mass is 254 g/mol. The van der Waals surface area contributed by atoms with Crippen LogP contribution < -0.4 is 5.32 Å². The molecule has 5 heteroatoms. The first-order valence-corrected chi connectivity index (χ1v) is 6.17. The van der Waals surface area contributed by atoms with Gasteiger partial charge in [-0.1, -0.05) is 30.9 Å². The number of rotatable bonds is 5. The highest BCUT2D eigenvalue weighted by atomic mass is 35.5. The summed E-state index contributed by atoms with van der Waals surface area (Å²) in [5.41, 5.74) is 0.111. The molecule has 1 aliphatic carbocycles. The summed E-state index contributed by atoms with van der Waals surface area (Å²) in [5, 5.41) is 12.3. The molecule has 1 aromatic rings. The summed E-state index contributed by atoms with van der Waals surface area (Å²) in [6, 6.07) is 1.42. The molecular weight excluding hydrogens is 240 g/mol. The fourth-order valence-corrected chi connectivity index (χ4v) is 2.09. The number of halogens is 1. The SMILES string of the molecule is O=C(O)c1cnc(NCCC2CCC2)c(Cl)c1. The maximum atomic E-state index is 10.7. The van der Waals surface area contributed by atoms with Crippen LogP contribution in [0.3, 0.4) is 0 Å². The van der Waals surface area contributed by atoms with Crippen LogP contribution in [0.4, 0.5) is 5.82 Å². The van der Waals surface area contributed by atoms with Crippen molar-refractivity contribution in [3.8, 4) is 0 Å². The van der Waals surface area contributed by atoms with Crippen LogP contribution in [-0.4, -0.2) is 22.6 Å². The maximum Gasteiger partial charge on any atom is 0.337 e. The third kappa shape index (κ3) is 3.09. The van der Waals surface area contributed by atoms with Crippen LogP contribution in [0.2, 0.25) is 5.02 Å². The van der Waals surface area contributed by atoms with Gasteiger partial charge in [-0.15, -0.1) is 0 Å². The molecule has 1 aromatic heterocycles. The molecule has 1 heterocycles. The average Bonchev–Trinajstić information content (AvgIpc) is 2.23. The number of carboxylic acids is 1. The van der Waals surface area contributed by atoms with E-state index in [0.29, 0.717) is 10.8 Å². The van der Waals surface area contributed by atoms with Crippen LogP contribution >= 0.6 is 11.6 Å². The van der Waals surface area contributed by atoms with E-state index in [1.54, 1.807) is 0 Å². The minimum Gasteiger partial charge on any atom is -0.478 e. The Hall–Kier alpha value is -1.29. The Kier molecular flexibility index (Phi) is 3.84. The number of nitrogens with one attached hydrogen (secondary N) is 1. The number of aromatic carboxylic acids is 1. The molecule has 0 aliphatic heterocycles. The minimum atomic E-state index is -1.01. The first-order chi connectivity index (χ1) is 8.16. The molecule has 1 fully saturated rings. The number of carboxylic acid groups (broad SMARTS) is 1. The molecule has 4 nitrogen and oxygen atoms in total. The summed E-state index contributed by atoms with van der Waals surface area (Å²) in [6.07, 6.45) is 6.43. The van der Waals surface area contributed by atoms with Crippen LogP contribution in [-0.2, 0) is 0 Å². The topological polar surface area (TPSA) is 62.2 Å². The lowest BCUT2D eigenvalue weighted by Crippen LogP contribution is -2.16. The van der Waals surface area contributed by atoms with Gasteiger partial charge in [0.05, 0.1) is 10.6 Å². The lowest BCUT2D eigenvalue weighted by atomic mass is 9.83. The standard InChI is InChI=1S/C12H15ClN2O2/c13-10-6-9(12(16)17)7-15-11(10)14-5-4-8-2-1-3-8/h6-8H,1-5H2,(H,14,15)(H,16,17). The van der Waals surface area contributed by atoms with Gasteiger partial charge in [0.15, 0.2) is 0 Å². The molecule has 0 bridgehead atoms. The highest BCUT2D eigenvalue weighted by Gasteiger charge is 2.16. The van der Waals surface area contributed by atoms with E-state index < -0.39 is 5.97 Å². The van der Waals surface area contributed by atoms with E-state index in [1.807, 2.05) is 0 Å². The fraction of sp³-hybridized carbons (Fsp3) is 0.500. The van der Waals surface area contributed by atoms with E-state index >= 15 is 0 Å². The van der Waals surface area contributed by atoms with E-state index in [-0.39, 0.29) is 5.56 Å². The molecule has 92 valence electrons. The van der Waals surface area contributed by atoms with E-state index in [1.165, 1.54) is 31.5 Å². The van der Waals surface area contributed by atoms with Crippen molar-refractivity contribution in [1.82, 2.24) is 4.98 Å². The third-order valence-electron chi connectivity index (χ3n) is 3.16. The third-order valence-corrected chi connectivity index (χ3v) is 3.45. The van der Waals surface area contributed by atoms with Crippen molar-refractivity contribution in [3.63, 3.8) is 0 Å². The number of hydrogen-bond donors (Lipinski definition) is 2. The lowest BCUT2D eigenvalue weighted by molar-refractivity contribution is 0.0696. The van der Waals surface area contributed by atoms with Gasteiger partial charge in [0.1, 0.15) is 5.82 Å². The molecule has 17 heavy (non-hydrogen) atoms. The van der Waals surface area contributed by atoms with Gasteiger partial charge >= 0.3 is 5.97 Å². The summed E-state index contributed by atoms with van der Waals surface area (Å²) in [6.45, 7) is 0.837. The molecular formula is C12H15ClN2O2. The quantitative estimate of drug-likeness (QED) is 0.848. The highest BCUT2D eigenvalue weighted by molar-refractivity contribution is 6.33. The van der Waals surface area contributed by atoms with Gasteiger partial charge in [0, 0.05) is 12.7 Å². The van der Waals surface area contributed by atoms with E-state index in [4.69, 9.17) is 16.7 Å². The number of anilines is 1. The predicted octanol–water partition coefficient (Wildman–Crippen LogP) is 3.04. The molecule has 0 radical (unpaired) electrons. The molecule has 0 spiro atoms. The number of carbonyl (C=O) groups is 1. The van der Waals surface area contributed by atoms with Crippen molar-refractivity contribution in [3.05, 3.63) is 22.8 Å². The normalized spacial score (nSPS) is 15.4. The van der Waals surface area contributed by atoms with Crippen LogP contribution in [0, 0.1) is 5.92 Å². The lowest BCUT2D eigenvalue weighted by Gasteiger charge is -2.25. The van der Waals surface area contributed by atoms with Crippen LogP contribution in [0.5, 0.6) is 0 Å². The predicted molar refractivity (Wildman–Crippen MR) is 66.7 cm³/mol. The Bertz CT molecular complexity index is 419. The van der Waals surface area contributed by atoms with Crippen molar-refractivity contribution in [2.75, 3.05) is 11.9 Å². The molecule has 1 saturated carbocycles. The second-order valence-electron chi connectivity index (χ2n) is 4.37. The zero-order valence-corrected chi connectivity index (χ0v) is 10.2. The van der Waals surface area contributed by atoms with Gasteiger partial charge < -0.3 is 10.4 Å². The van der Waals surface area contributed by atoms with Crippen molar-refractivity contribution < 1.29 is 9.90 Å². The molecule has 0 unspecified atom stereocenters. The number of pyridine rings is 1. The average molecular weight is 255 g/mol. The Morgan fingerprint density at radius 2 is 2.35 bits per heavy atom. The molecule has 2 rings (SSSR count). The molecule has 0 amide bonds. The van der Waals surface area contributed by atoms with E-state index in [0.717, 1.165) is 18.9 Å². The number of hydrogen-bond acceptors (Lipinski definition) is 3. The van der Waals surface area contributed by atoms with Gasteiger partial charge in [-0.25, -0.2) is 9.78 Å². The number of nitrogens with zero attached hydrogens (tertiary/aromatic N) is 1. The molecule has 2 N–H and O–H groups in total. The van der Waals surface area contributed by atoms with Gasteiger partial charge in [0.2, 0.25) is 0 Å². The highest BCUT2D eigenvalue weighted by Crippen LogP contribution is 2.29. The van der Waals surface area contributed by atoms with Gasteiger partial charge in [0.25, 0.3) is 0 Å². The molecule has 0 atom stereocenters. The second kappa shape index (κ2) is 5.36. The van der Waals surface area contributed by atoms with Crippen molar-refractivity contribution in [2.24, 2.45) is 5.92 Å². The maximum absolute atomic E-state index is 10.7. The van der Waals surface area contributed by atoms with E-state index in [2.05, 4.69) is 10.3 Å². The van der Waals surface area contributed by atoms with Gasteiger partial charge in [-0.2, -0.15) is 0 Å². The summed E-state index contributed by atoms with van der Waals surface area (Å²) in [5.74, 6) is 0.385. The van der Waals surface area contributed by atoms with Crippen LogP contribution in [0.1, 0.15) is 36.0 Å². The first kappa shape index (κ1) is 12.2. The Balaban J connectivity index is 1.89. The van der Waals surface area contributed by atoms with Crippen molar-refractivity contribution >= 4 is 23.4 Å². The summed E-state index contributed by atoms with van der Waals surface area (Å²) in [4.78, 5) is 14.7. The first-order valence-electron chi connectivity index (χ1n) is 5.79. The zero-order chi connectivity index (χ0) is 12.3. The van der Waals surface area contributed by atoms with Crippen LogP contribution in [0.25, 0.3) is 0 Å². The second-order valence-corrected chi connectivity index (χ2v) is 4.78. The van der Waals surface area contributed by atoms with Crippen molar-refractivity contribution in [2.45, 2.75) is 25.7 Å². The number of aromatic nitrogens is 1. The fourth-order valence-electron chi connectivity index (χ4n) is 1.86. The molecule has 0 saturated heterocycles. The van der Waals surface area contributed by atoms with Gasteiger partial charge in [-0.05, 0) is 18.4 Å². The van der Waals surface area contributed by atoms with Gasteiger partial charge in [-0.3, -0.25) is 0 Å². The summed E-state index contributed by atoms with van der Waals surface area (Å²) >= 11 is 5.95. The Morgan fingerprint density at radius 1 is 1.59 bits per heavy atom. The molecule has 1 aliphatic rings. The minimum absolute atomic E-state index is 0.111. The molecule has 0 aromatic carbocycles. The van der Waals surface area contributed by atoms with Crippen LogP contribution in [0.15, 0.2) is 12.3 Å². The Morgan fingerprint density at radius 3 is 2.88 bits per heavy atom.